The van der Waals surface area contributed by atoms with Gasteiger partial charge in [0.15, 0.2) is 34.3 Å². The fourth-order valence-electron chi connectivity index (χ4n) is 7.54. The average Bonchev–Trinajstić information content (AvgIpc) is 4.29. The molecule has 9 aromatic rings. The monoisotopic (exact) mass is 922 g/mol. The van der Waals surface area contributed by atoms with E-state index in [0.29, 0.717) is 69.6 Å². The van der Waals surface area contributed by atoms with Gasteiger partial charge >= 0.3 is 0 Å². The first-order valence-electron chi connectivity index (χ1n) is 22.3. The number of hydrogen-bond donors (Lipinski definition) is 5. The van der Waals surface area contributed by atoms with Crippen LogP contribution in [0.15, 0.2) is 150 Å². The van der Waals surface area contributed by atoms with Gasteiger partial charge in [-0.05, 0) is 79.8 Å². The van der Waals surface area contributed by atoms with Gasteiger partial charge in [0.2, 0.25) is 0 Å². The number of pyridine rings is 4. The minimum atomic E-state index is -0.274. The molecule has 0 radical (unpaired) electrons. The van der Waals surface area contributed by atoms with Crippen molar-refractivity contribution in [1.82, 2.24) is 58.9 Å². The molecule has 0 saturated heterocycles. The molecule has 346 valence electrons. The molecule has 8 aromatic heterocycles. The second-order valence-corrected chi connectivity index (χ2v) is 16.5. The molecular formula is C49H46N16O4. The molecule has 0 bridgehead atoms. The summed E-state index contributed by atoms with van der Waals surface area (Å²) in [7, 11) is 3.72. The molecule has 2 amide bonds. The molecule has 20 nitrogen and oxygen atoms in total. The van der Waals surface area contributed by atoms with Crippen molar-refractivity contribution < 1.29 is 9.59 Å². The summed E-state index contributed by atoms with van der Waals surface area (Å²) in [6.45, 7) is 0.619. The predicted molar refractivity (Wildman–Crippen MR) is 261 cm³/mol. The number of anilines is 6. The van der Waals surface area contributed by atoms with Crippen LogP contribution in [0.1, 0.15) is 52.2 Å². The summed E-state index contributed by atoms with van der Waals surface area (Å²) in [4.78, 5) is 71.3. The van der Waals surface area contributed by atoms with Crippen molar-refractivity contribution in [1.29, 1.82) is 0 Å². The Hall–Kier alpha value is -9.20. The Morgan fingerprint density at radius 2 is 1.12 bits per heavy atom. The molecule has 69 heavy (non-hydrogen) atoms. The minimum absolute atomic E-state index is 0.198. The van der Waals surface area contributed by atoms with E-state index < -0.39 is 0 Å². The number of carbonyl (C=O) groups excluding carboxylic acids is 2. The standard InChI is InChI=1S/C28H26N8O2.C21H20N8O2/c1-34(18-19-8-3-2-4-9-19)22-16-24(33-36-23(17-30-26(22)36)27(37)31-20-12-13-20)32-21-10-7-15-35(28(21)38)25-11-5-6-14-29-25;1-22-15-11-17(27-29-16(12-24-19(15)29)20(30)25-13-7-8-13)26-14-5-4-10-28(21(14)31)18-6-2-3-9-23-18/h2-11,14-17,20H,12-13,18H2,1H3,(H,31,37)(H,32,33);2-6,9-13,22H,7-8H2,1H3,(H,25,30)(H,26,27). The van der Waals surface area contributed by atoms with Crippen LogP contribution >= 0.6 is 0 Å². The Balaban J connectivity index is 0.000000164. The Labute approximate surface area is 393 Å². The number of fused-ring (bicyclic) bond motifs is 2. The maximum absolute atomic E-state index is 13.3. The van der Waals surface area contributed by atoms with Crippen molar-refractivity contribution in [3.63, 3.8) is 0 Å². The second kappa shape index (κ2) is 19.0. The molecule has 2 aliphatic rings. The number of nitrogens with zero attached hydrogens (tertiary/aromatic N) is 11. The SMILES string of the molecule is CN(Cc1ccccc1)c1cc(Nc2cccn(-c3ccccn3)c2=O)nn2c(C(=O)NC3CC3)cnc12.CNc1cc(Nc2cccn(-c3ccccn3)c2=O)nn2c(C(=O)NC3CC3)cnc12. The number of aromatic nitrogens is 10. The maximum atomic E-state index is 13.3. The van der Waals surface area contributed by atoms with Crippen LogP contribution < -0.4 is 42.6 Å². The highest BCUT2D eigenvalue weighted by atomic mass is 16.2. The van der Waals surface area contributed by atoms with Gasteiger partial charge < -0.3 is 31.5 Å². The van der Waals surface area contributed by atoms with Gasteiger partial charge in [-0.25, -0.2) is 29.0 Å². The first-order chi connectivity index (χ1) is 33.7. The summed E-state index contributed by atoms with van der Waals surface area (Å²) in [5, 5.41) is 24.4. The third-order valence-electron chi connectivity index (χ3n) is 11.4. The van der Waals surface area contributed by atoms with Gasteiger partial charge in [-0.3, -0.25) is 28.3 Å². The van der Waals surface area contributed by atoms with Crippen molar-refractivity contribution in [2.24, 2.45) is 0 Å². The second-order valence-electron chi connectivity index (χ2n) is 16.5. The number of benzene rings is 1. The highest BCUT2D eigenvalue weighted by molar-refractivity contribution is 5.95. The van der Waals surface area contributed by atoms with Crippen LogP contribution in [0.3, 0.4) is 0 Å². The van der Waals surface area contributed by atoms with Crippen molar-refractivity contribution in [2.45, 2.75) is 44.3 Å². The Bertz CT molecular complexity index is 3440. The number of hydrogen-bond acceptors (Lipinski definition) is 14. The number of rotatable bonds is 14. The van der Waals surface area contributed by atoms with E-state index in [4.69, 9.17) is 0 Å². The smallest absolute Gasteiger partial charge is 0.279 e. The van der Waals surface area contributed by atoms with E-state index in [0.717, 1.165) is 36.9 Å². The predicted octanol–water partition coefficient (Wildman–Crippen LogP) is 5.50. The highest BCUT2D eigenvalue weighted by Gasteiger charge is 2.28. The van der Waals surface area contributed by atoms with E-state index in [-0.39, 0.29) is 35.0 Å². The molecule has 0 spiro atoms. The third kappa shape index (κ3) is 9.57. The van der Waals surface area contributed by atoms with Crippen LogP contribution in [0.5, 0.6) is 0 Å². The molecule has 2 fully saturated rings. The molecule has 2 aliphatic carbocycles. The summed E-state index contributed by atoms with van der Waals surface area (Å²) in [5.74, 6) is 1.39. The molecule has 0 atom stereocenters. The van der Waals surface area contributed by atoms with Crippen LogP contribution in [-0.2, 0) is 6.54 Å². The largest absolute Gasteiger partial charge is 0.385 e. The maximum Gasteiger partial charge on any atom is 0.279 e. The van der Waals surface area contributed by atoms with Gasteiger partial charge in [0.25, 0.3) is 22.9 Å². The van der Waals surface area contributed by atoms with Crippen molar-refractivity contribution in [2.75, 3.05) is 34.9 Å². The summed E-state index contributed by atoms with van der Waals surface area (Å²) in [6, 6.07) is 31.7. The minimum Gasteiger partial charge on any atom is -0.385 e. The van der Waals surface area contributed by atoms with Crippen molar-refractivity contribution in [3.05, 3.63) is 178 Å². The summed E-state index contributed by atoms with van der Waals surface area (Å²) in [5.41, 5.74) is 4.40. The van der Waals surface area contributed by atoms with Crippen LogP contribution in [0, 0.1) is 0 Å². The van der Waals surface area contributed by atoms with Crippen LogP contribution in [0.4, 0.5) is 34.4 Å². The molecule has 11 rings (SSSR count). The zero-order valence-electron chi connectivity index (χ0n) is 37.5. The molecular weight excluding hydrogens is 877 g/mol. The van der Waals surface area contributed by atoms with E-state index in [1.165, 1.54) is 24.4 Å². The Morgan fingerprint density at radius 3 is 1.62 bits per heavy atom. The van der Waals surface area contributed by atoms with Gasteiger partial charge in [-0.15, -0.1) is 10.2 Å². The van der Waals surface area contributed by atoms with Gasteiger partial charge in [-0.1, -0.05) is 42.5 Å². The third-order valence-corrected chi connectivity index (χ3v) is 11.4. The highest BCUT2D eigenvalue weighted by Crippen LogP contribution is 2.28. The zero-order valence-corrected chi connectivity index (χ0v) is 37.5. The lowest BCUT2D eigenvalue weighted by Crippen LogP contribution is -2.27. The molecule has 5 N–H and O–H groups in total. The van der Waals surface area contributed by atoms with E-state index in [1.807, 2.05) is 48.3 Å². The van der Waals surface area contributed by atoms with Crippen LogP contribution in [-0.4, -0.2) is 86.3 Å². The van der Waals surface area contributed by atoms with Crippen LogP contribution in [0.25, 0.3) is 22.9 Å². The number of carbonyl (C=O) groups is 2. The molecule has 0 unspecified atom stereocenters. The van der Waals surface area contributed by atoms with Gasteiger partial charge in [0.1, 0.15) is 23.0 Å². The summed E-state index contributed by atoms with van der Waals surface area (Å²) < 4.78 is 5.93. The number of nitrogens with one attached hydrogen (secondary N) is 5. The van der Waals surface area contributed by atoms with E-state index >= 15 is 0 Å². The summed E-state index contributed by atoms with van der Waals surface area (Å²) >= 11 is 0. The van der Waals surface area contributed by atoms with Crippen molar-refractivity contribution >= 4 is 57.5 Å². The fraction of sp³-hybridized carbons (Fsp3) is 0.184. The lowest BCUT2D eigenvalue weighted by Gasteiger charge is -2.21. The molecule has 0 aliphatic heterocycles. The molecule has 8 heterocycles. The number of imidazole rings is 2. The summed E-state index contributed by atoms with van der Waals surface area (Å²) in [6.07, 6.45) is 13.6. The van der Waals surface area contributed by atoms with Gasteiger partial charge in [0, 0.05) is 69.6 Å². The van der Waals surface area contributed by atoms with E-state index in [9.17, 15) is 19.2 Å². The van der Waals surface area contributed by atoms with E-state index in [1.54, 1.807) is 92.6 Å². The van der Waals surface area contributed by atoms with Gasteiger partial charge in [0.05, 0.1) is 23.8 Å². The fourth-order valence-corrected chi connectivity index (χ4v) is 7.54. The first kappa shape index (κ1) is 43.7. The average molecular weight is 923 g/mol. The molecule has 2 saturated carbocycles. The topological polar surface area (TPSA) is 228 Å². The number of amides is 2. The molecule has 20 heteroatoms. The molecule has 1 aromatic carbocycles. The van der Waals surface area contributed by atoms with Gasteiger partial charge in [-0.2, -0.15) is 0 Å². The Kier molecular flexibility index (Phi) is 12.0. The Morgan fingerprint density at radius 1 is 0.609 bits per heavy atom. The first-order valence-corrected chi connectivity index (χ1v) is 22.3. The quantitative estimate of drug-likeness (QED) is 0.0908. The lowest BCUT2D eigenvalue weighted by atomic mass is 10.2. The van der Waals surface area contributed by atoms with Crippen LogP contribution in [0.2, 0.25) is 0 Å². The normalized spacial score (nSPS) is 13.0. The van der Waals surface area contributed by atoms with E-state index in [2.05, 4.69) is 68.8 Å². The lowest BCUT2D eigenvalue weighted by molar-refractivity contribution is 0.0935. The zero-order chi connectivity index (χ0) is 47.4. The van der Waals surface area contributed by atoms with Crippen molar-refractivity contribution in [3.8, 4) is 11.6 Å².